The fourth-order valence-electron chi connectivity index (χ4n) is 3.12. The van der Waals surface area contributed by atoms with E-state index in [0.717, 1.165) is 23.5 Å². The first kappa shape index (κ1) is 19.0. The molecule has 1 aliphatic rings. The first-order valence-electron chi connectivity index (χ1n) is 8.63. The Morgan fingerprint density at radius 2 is 2.00 bits per heavy atom. The van der Waals surface area contributed by atoms with Crippen molar-refractivity contribution < 1.29 is 4.74 Å². The molecule has 0 spiro atoms. The molecule has 4 nitrogen and oxygen atoms in total. The van der Waals surface area contributed by atoms with Crippen molar-refractivity contribution in [2.24, 2.45) is 4.99 Å². The Morgan fingerprint density at radius 1 is 1.29 bits per heavy atom. The van der Waals surface area contributed by atoms with Crippen LogP contribution in [0, 0.1) is 0 Å². The van der Waals surface area contributed by atoms with Gasteiger partial charge in [0, 0.05) is 30.3 Å². The van der Waals surface area contributed by atoms with Gasteiger partial charge >= 0.3 is 0 Å². The molecular formula is C19H31N3OS. The van der Waals surface area contributed by atoms with Crippen LogP contribution in [0.1, 0.15) is 38.7 Å². The molecule has 2 N–H and O–H groups in total. The standard InChI is InChI=1S/C19H31N3OS/c1-19(2,14-6-9-16(23-4)10-7-14)13-21-18(20-3)22-15-8-11-17(12-15)24-5/h6-7,9-10,15,17H,8,11-13H2,1-5H3,(H2,20,21,22). The average molecular weight is 350 g/mol. The van der Waals surface area contributed by atoms with Gasteiger partial charge in [-0.05, 0) is 43.2 Å². The molecule has 1 aromatic rings. The number of methoxy groups -OCH3 is 1. The van der Waals surface area contributed by atoms with Crippen molar-refractivity contribution in [2.45, 2.75) is 49.8 Å². The minimum Gasteiger partial charge on any atom is -0.497 e. The predicted molar refractivity (Wildman–Crippen MR) is 105 cm³/mol. The SMILES string of the molecule is CN=C(NCC(C)(C)c1ccc(OC)cc1)NC1CCC(SC)C1. The highest BCUT2D eigenvalue weighted by Crippen LogP contribution is 2.28. The van der Waals surface area contributed by atoms with Crippen LogP contribution in [0.3, 0.4) is 0 Å². The van der Waals surface area contributed by atoms with Crippen LogP contribution >= 0.6 is 11.8 Å². The van der Waals surface area contributed by atoms with E-state index in [1.54, 1.807) is 7.11 Å². The summed E-state index contributed by atoms with van der Waals surface area (Å²) in [6.45, 7) is 5.32. The summed E-state index contributed by atoms with van der Waals surface area (Å²) in [5.41, 5.74) is 1.30. The van der Waals surface area contributed by atoms with Crippen LogP contribution < -0.4 is 15.4 Å². The molecule has 0 aliphatic heterocycles. The summed E-state index contributed by atoms with van der Waals surface area (Å²) in [5.74, 6) is 1.80. The van der Waals surface area contributed by atoms with Crippen LogP contribution in [0.15, 0.2) is 29.3 Å². The van der Waals surface area contributed by atoms with E-state index in [9.17, 15) is 0 Å². The molecule has 0 saturated heterocycles. The van der Waals surface area contributed by atoms with Crippen molar-refractivity contribution in [3.05, 3.63) is 29.8 Å². The van der Waals surface area contributed by atoms with E-state index in [1.807, 2.05) is 30.9 Å². The molecule has 1 saturated carbocycles. The van der Waals surface area contributed by atoms with E-state index in [0.29, 0.717) is 6.04 Å². The highest BCUT2D eigenvalue weighted by molar-refractivity contribution is 7.99. The highest BCUT2D eigenvalue weighted by atomic mass is 32.2. The van der Waals surface area contributed by atoms with E-state index < -0.39 is 0 Å². The molecule has 2 rings (SSSR count). The summed E-state index contributed by atoms with van der Waals surface area (Å²) < 4.78 is 5.24. The van der Waals surface area contributed by atoms with Gasteiger partial charge in [0.2, 0.25) is 0 Å². The average Bonchev–Trinajstić information content (AvgIpc) is 3.06. The van der Waals surface area contributed by atoms with Crippen molar-refractivity contribution in [2.75, 3.05) is 27.0 Å². The lowest BCUT2D eigenvalue weighted by Crippen LogP contribution is -2.46. The molecule has 0 aromatic heterocycles. The molecule has 2 unspecified atom stereocenters. The Hall–Kier alpha value is -1.36. The van der Waals surface area contributed by atoms with Gasteiger partial charge in [0.05, 0.1) is 7.11 Å². The third-order valence-corrected chi connectivity index (χ3v) is 5.95. The van der Waals surface area contributed by atoms with Gasteiger partial charge in [-0.3, -0.25) is 4.99 Å². The number of nitrogens with zero attached hydrogens (tertiary/aromatic N) is 1. The van der Waals surface area contributed by atoms with Gasteiger partial charge in [-0.1, -0.05) is 26.0 Å². The molecule has 0 amide bonds. The summed E-state index contributed by atoms with van der Waals surface area (Å²) in [5, 5.41) is 7.86. The largest absolute Gasteiger partial charge is 0.497 e. The summed E-state index contributed by atoms with van der Waals surface area (Å²) in [6.07, 6.45) is 5.96. The predicted octanol–water partition coefficient (Wildman–Crippen LogP) is 3.42. The Balaban J connectivity index is 1.89. The molecular weight excluding hydrogens is 318 g/mol. The maximum atomic E-state index is 5.24. The number of guanidine groups is 1. The van der Waals surface area contributed by atoms with E-state index in [1.165, 1.54) is 24.8 Å². The quantitative estimate of drug-likeness (QED) is 0.610. The first-order chi connectivity index (χ1) is 11.5. The Kier molecular flexibility index (Phi) is 6.84. The molecule has 1 fully saturated rings. The number of rotatable bonds is 6. The molecule has 0 heterocycles. The lowest BCUT2D eigenvalue weighted by atomic mass is 9.84. The maximum absolute atomic E-state index is 5.24. The van der Waals surface area contributed by atoms with Crippen molar-refractivity contribution in [3.63, 3.8) is 0 Å². The number of ether oxygens (including phenoxy) is 1. The van der Waals surface area contributed by atoms with Gasteiger partial charge in [0.25, 0.3) is 0 Å². The van der Waals surface area contributed by atoms with Crippen LogP contribution in [0.4, 0.5) is 0 Å². The first-order valence-corrected chi connectivity index (χ1v) is 9.92. The second-order valence-corrected chi connectivity index (χ2v) is 8.19. The molecule has 0 bridgehead atoms. The van der Waals surface area contributed by atoms with Crippen LogP contribution in [0.5, 0.6) is 5.75 Å². The third kappa shape index (κ3) is 5.07. The minimum atomic E-state index is 0.0153. The summed E-state index contributed by atoms with van der Waals surface area (Å²) in [4.78, 5) is 4.39. The molecule has 0 radical (unpaired) electrons. The maximum Gasteiger partial charge on any atom is 0.191 e. The molecule has 5 heteroatoms. The molecule has 1 aromatic carbocycles. The van der Waals surface area contributed by atoms with Gasteiger partial charge < -0.3 is 15.4 Å². The molecule has 1 aliphatic carbocycles. The molecule has 24 heavy (non-hydrogen) atoms. The second-order valence-electron chi connectivity index (χ2n) is 7.05. The fourth-order valence-corrected chi connectivity index (χ4v) is 3.92. The second kappa shape index (κ2) is 8.65. The number of aliphatic imine (C=N–C) groups is 1. The zero-order chi connectivity index (χ0) is 17.6. The number of thioether (sulfide) groups is 1. The van der Waals surface area contributed by atoms with Crippen LogP contribution in [0.25, 0.3) is 0 Å². The van der Waals surface area contributed by atoms with E-state index >= 15 is 0 Å². The van der Waals surface area contributed by atoms with Gasteiger partial charge in [-0.2, -0.15) is 11.8 Å². The van der Waals surface area contributed by atoms with Crippen LogP contribution in [-0.2, 0) is 5.41 Å². The molecule has 134 valence electrons. The van der Waals surface area contributed by atoms with Crippen molar-refractivity contribution in [1.29, 1.82) is 0 Å². The zero-order valence-corrected chi connectivity index (χ0v) is 16.4. The molecule has 2 atom stereocenters. The fraction of sp³-hybridized carbons (Fsp3) is 0.632. The summed E-state index contributed by atoms with van der Waals surface area (Å²) >= 11 is 1.98. The lowest BCUT2D eigenvalue weighted by Gasteiger charge is -2.27. The van der Waals surface area contributed by atoms with Gasteiger partial charge in [0.15, 0.2) is 5.96 Å². The van der Waals surface area contributed by atoms with Gasteiger partial charge in [-0.25, -0.2) is 0 Å². The summed E-state index contributed by atoms with van der Waals surface area (Å²) in [7, 11) is 3.54. The third-order valence-electron chi connectivity index (χ3n) is 4.85. The smallest absolute Gasteiger partial charge is 0.191 e. The van der Waals surface area contributed by atoms with Gasteiger partial charge in [0.1, 0.15) is 5.75 Å². The number of benzene rings is 1. The van der Waals surface area contributed by atoms with E-state index in [-0.39, 0.29) is 5.41 Å². The van der Waals surface area contributed by atoms with Crippen LogP contribution in [-0.4, -0.2) is 44.2 Å². The van der Waals surface area contributed by atoms with Crippen LogP contribution in [0.2, 0.25) is 0 Å². The lowest BCUT2D eigenvalue weighted by molar-refractivity contribution is 0.414. The topological polar surface area (TPSA) is 45.7 Å². The van der Waals surface area contributed by atoms with Crippen molar-refractivity contribution >= 4 is 17.7 Å². The number of nitrogens with one attached hydrogen (secondary N) is 2. The highest BCUT2D eigenvalue weighted by Gasteiger charge is 2.25. The Morgan fingerprint density at radius 3 is 2.54 bits per heavy atom. The number of hydrogen-bond acceptors (Lipinski definition) is 3. The normalized spacial score (nSPS) is 21.6. The van der Waals surface area contributed by atoms with E-state index in [2.05, 4.69) is 47.9 Å². The van der Waals surface area contributed by atoms with Gasteiger partial charge in [-0.15, -0.1) is 0 Å². The van der Waals surface area contributed by atoms with Crippen molar-refractivity contribution in [3.8, 4) is 5.75 Å². The number of hydrogen-bond donors (Lipinski definition) is 2. The van der Waals surface area contributed by atoms with E-state index in [4.69, 9.17) is 4.74 Å². The van der Waals surface area contributed by atoms with Crippen molar-refractivity contribution in [1.82, 2.24) is 10.6 Å². The zero-order valence-electron chi connectivity index (χ0n) is 15.6. The minimum absolute atomic E-state index is 0.0153. The summed E-state index contributed by atoms with van der Waals surface area (Å²) in [6, 6.07) is 8.85. The Labute approximate surface area is 150 Å². The monoisotopic (exact) mass is 349 g/mol. The Bertz CT molecular complexity index is 542.